The van der Waals surface area contributed by atoms with Gasteiger partial charge >= 0.3 is 0 Å². The van der Waals surface area contributed by atoms with Crippen LogP contribution in [0.4, 0.5) is 11.4 Å². The van der Waals surface area contributed by atoms with E-state index in [1.165, 1.54) is 11.3 Å². The van der Waals surface area contributed by atoms with Crippen LogP contribution in [0.3, 0.4) is 0 Å². The maximum Gasteiger partial charge on any atom is 0.270 e. The van der Waals surface area contributed by atoms with Gasteiger partial charge in [-0.25, -0.2) is 4.98 Å². The maximum atomic E-state index is 13.4. The Morgan fingerprint density at radius 1 is 1.10 bits per heavy atom. The second-order valence-electron chi connectivity index (χ2n) is 6.81. The normalized spacial score (nSPS) is 10.8. The van der Waals surface area contributed by atoms with Gasteiger partial charge in [0.05, 0.1) is 11.4 Å². The number of anilines is 2. The molecule has 0 unspecified atom stereocenters. The van der Waals surface area contributed by atoms with Crippen molar-refractivity contribution in [2.45, 2.75) is 6.92 Å². The van der Waals surface area contributed by atoms with Crippen molar-refractivity contribution in [2.24, 2.45) is 0 Å². The Morgan fingerprint density at radius 3 is 2.52 bits per heavy atom. The molecule has 5 nitrogen and oxygen atoms in total. The molecule has 3 heterocycles. The zero-order chi connectivity index (χ0) is 20.4. The first-order valence-corrected chi connectivity index (χ1v) is 9.97. The summed E-state index contributed by atoms with van der Waals surface area (Å²) in [4.78, 5) is 25.1. The predicted molar refractivity (Wildman–Crippen MR) is 120 cm³/mol. The molecular weight excluding hydrogens is 380 g/mol. The van der Waals surface area contributed by atoms with Crippen LogP contribution in [0.25, 0.3) is 21.5 Å². The first-order chi connectivity index (χ1) is 14.0. The summed E-state index contributed by atoms with van der Waals surface area (Å²) in [5.74, 6) is -0.148. The SMILES string of the molecule is C=C(C)CN(C(=O)c1sc2nc(-c3ccncc3)ccc2c1N)c1ccccc1. The molecule has 0 spiro atoms. The van der Waals surface area contributed by atoms with E-state index in [9.17, 15) is 4.79 Å². The third-order valence-corrected chi connectivity index (χ3v) is 5.61. The third-order valence-electron chi connectivity index (χ3n) is 4.51. The van der Waals surface area contributed by atoms with Crippen LogP contribution in [0.1, 0.15) is 16.6 Å². The molecule has 1 amide bonds. The molecule has 4 rings (SSSR count). The van der Waals surface area contributed by atoms with E-state index in [1.54, 1.807) is 17.3 Å². The van der Waals surface area contributed by atoms with Gasteiger partial charge in [-0.2, -0.15) is 0 Å². The molecule has 4 aromatic rings. The van der Waals surface area contributed by atoms with Crippen LogP contribution in [-0.4, -0.2) is 22.4 Å². The van der Waals surface area contributed by atoms with Crippen molar-refractivity contribution in [1.29, 1.82) is 0 Å². The second kappa shape index (κ2) is 7.85. The number of pyridine rings is 2. The summed E-state index contributed by atoms with van der Waals surface area (Å²) < 4.78 is 0. The van der Waals surface area contributed by atoms with Crippen LogP contribution in [0.15, 0.2) is 79.1 Å². The van der Waals surface area contributed by atoms with E-state index >= 15 is 0 Å². The van der Waals surface area contributed by atoms with Gasteiger partial charge in [-0.15, -0.1) is 11.3 Å². The number of nitrogen functional groups attached to an aromatic ring is 1. The smallest absolute Gasteiger partial charge is 0.270 e. The third kappa shape index (κ3) is 3.75. The monoisotopic (exact) mass is 400 g/mol. The molecule has 0 saturated carbocycles. The number of carbonyl (C=O) groups excluding carboxylic acids is 1. The lowest BCUT2D eigenvalue weighted by Gasteiger charge is -2.22. The zero-order valence-electron chi connectivity index (χ0n) is 16.0. The van der Waals surface area contributed by atoms with Gasteiger partial charge in [0.2, 0.25) is 0 Å². The van der Waals surface area contributed by atoms with Gasteiger partial charge in [-0.3, -0.25) is 9.78 Å². The Balaban J connectivity index is 1.76. The van der Waals surface area contributed by atoms with Crippen LogP contribution in [0, 0.1) is 0 Å². The first kappa shape index (κ1) is 18.8. The van der Waals surface area contributed by atoms with Gasteiger partial charge in [0.15, 0.2) is 0 Å². The molecule has 0 atom stereocenters. The molecule has 2 N–H and O–H groups in total. The fourth-order valence-corrected chi connectivity index (χ4v) is 4.16. The quantitative estimate of drug-likeness (QED) is 0.470. The van der Waals surface area contributed by atoms with Crippen LogP contribution < -0.4 is 10.6 Å². The van der Waals surface area contributed by atoms with E-state index < -0.39 is 0 Å². The number of para-hydroxylation sites is 1. The number of nitrogens with two attached hydrogens (primary N) is 1. The number of hydrogen-bond donors (Lipinski definition) is 1. The first-order valence-electron chi connectivity index (χ1n) is 9.15. The molecule has 3 aromatic heterocycles. The minimum atomic E-state index is -0.148. The van der Waals surface area contributed by atoms with Crippen LogP contribution in [0.5, 0.6) is 0 Å². The highest BCUT2D eigenvalue weighted by Gasteiger charge is 2.24. The summed E-state index contributed by atoms with van der Waals surface area (Å²) in [6, 6.07) is 17.2. The molecule has 6 heteroatoms. The van der Waals surface area contributed by atoms with Gasteiger partial charge in [0, 0.05) is 35.6 Å². The van der Waals surface area contributed by atoms with Crippen molar-refractivity contribution < 1.29 is 4.79 Å². The molecule has 144 valence electrons. The maximum absolute atomic E-state index is 13.4. The van der Waals surface area contributed by atoms with Gasteiger partial charge in [0.1, 0.15) is 9.71 Å². The second-order valence-corrected chi connectivity index (χ2v) is 7.81. The fraction of sp³-hybridized carbons (Fsp3) is 0.0870. The summed E-state index contributed by atoms with van der Waals surface area (Å²) in [6.07, 6.45) is 3.46. The van der Waals surface area contributed by atoms with Crippen molar-refractivity contribution in [2.75, 3.05) is 17.2 Å². The predicted octanol–water partition coefficient (Wildman–Crippen LogP) is 5.16. The fourth-order valence-electron chi connectivity index (χ4n) is 3.12. The lowest BCUT2D eigenvalue weighted by atomic mass is 10.1. The summed E-state index contributed by atoms with van der Waals surface area (Å²) in [6.45, 7) is 6.29. The number of hydrogen-bond acceptors (Lipinski definition) is 5. The van der Waals surface area contributed by atoms with Crippen LogP contribution in [-0.2, 0) is 0 Å². The van der Waals surface area contributed by atoms with E-state index in [0.29, 0.717) is 17.1 Å². The van der Waals surface area contributed by atoms with Crippen molar-refractivity contribution in [3.63, 3.8) is 0 Å². The van der Waals surface area contributed by atoms with Crippen molar-refractivity contribution in [3.8, 4) is 11.3 Å². The lowest BCUT2D eigenvalue weighted by molar-refractivity contribution is 0.0993. The number of amides is 1. The molecule has 0 radical (unpaired) electrons. The molecule has 0 fully saturated rings. The Bertz CT molecular complexity index is 1190. The largest absolute Gasteiger partial charge is 0.397 e. The van der Waals surface area contributed by atoms with Gasteiger partial charge in [-0.05, 0) is 43.3 Å². The Kier molecular flexibility index (Phi) is 5.10. The number of carbonyl (C=O) groups is 1. The van der Waals surface area contributed by atoms with Gasteiger partial charge < -0.3 is 10.6 Å². The minimum Gasteiger partial charge on any atom is -0.397 e. The molecule has 0 bridgehead atoms. The number of aromatic nitrogens is 2. The van der Waals surface area contributed by atoms with Gasteiger partial charge in [0.25, 0.3) is 5.91 Å². The average Bonchev–Trinajstić information content (AvgIpc) is 3.08. The molecule has 0 saturated heterocycles. The number of benzene rings is 1. The van der Waals surface area contributed by atoms with E-state index in [4.69, 9.17) is 10.7 Å². The van der Waals surface area contributed by atoms with Crippen molar-refractivity contribution >= 4 is 38.8 Å². The lowest BCUT2D eigenvalue weighted by Crippen LogP contribution is -2.32. The van der Waals surface area contributed by atoms with Crippen LogP contribution in [0.2, 0.25) is 0 Å². The standard InChI is InChI=1S/C23H20N4OS/c1-15(2)14-27(17-6-4-3-5-7-17)23(28)21-20(24)18-8-9-19(26-22(18)29-21)16-10-12-25-13-11-16/h3-13H,1,14,24H2,2H3. The molecular formula is C23H20N4OS. The Hall–Kier alpha value is -3.51. The number of fused-ring (bicyclic) bond motifs is 1. The highest BCUT2D eigenvalue weighted by Crippen LogP contribution is 2.35. The highest BCUT2D eigenvalue weighted by atomic mass is 32.1. The molecule has 0 aliphatic rings. The van der Waals surface area contributed by atoms with Crippen molar-refractivity contribution in [1.82, 2.24) is 9.97 Å². The highest BCUT2D eigenvalue weighted by molar-refractivity contribution is 7.21. The van der Waals surface area contributed by atoms with Crippen LogP contribution >= 0.6 is 11.3 Å². The zero-order valence-corrected chi connectivity index (χ0v) is 16.8. The summed E-state index contributed by atoms with van der Waals surface area (Å²) in [5.41, 5.74) is 10.3. The molecule has 0 aliphatic heterocycles. The number of nitrogens with zero attached hydrogens (tertiary/aromatic N) is 3. The van der Waals surface area contributed by atoms with E-state index in [0.717, 1.165) is 32.7 Å². The average molecular weight is 401 g/mol. The van der Waals surface area contributed by atoms with E-state index in [-0.39, 0.29) is 5.91 Å². The number of thiophene rings is 1. The molecule has 29 heavy (non-hydrogen) atoms. The minimum absolute atomic E-state index is 0.148. The topological polar surface area (TPSA) is 72.1 Å². The summed E-state index contributed by atoms with van der Waals surface area (Å²) in [7, 11) is 0. The molecule has 1 aromatic carbocycles. The Labute approximate surface area is 173 Å². The number of rotatable bonds is 5. The summed E-state index contributed by atoms with van der Waals surface area (Å²) >= 11 is 1.32. The molecule has 0 aliphatic carbocycles. The summed E-state index contributed by atoms with van der Waals surface area (Å²) in [5, 5.41) is 0.791. The van der Waals surface area contributed by atoms with E-state index in [1.807, 2.05) is 61.5 Å². The Morgan fingerprint density at radius 2 is 1.83 bits per heavy atom. The van der Waals surface area contributed by atoms with Gasteiger partial charge in [-0.1, -0.05) is 30.4 Å². The van der Waals surface area contributed by atoms with E-state index in [2.05, 4.69) is 11.6 Å². The van der Waals surface area contributed by atoms with Crippen molar-refractivity contribution in [3.05, 3.63) is 84.0 Å².